The lowest BCUT2D eigenvalue weighted by molar-refractivity contribution is 0.0518. The molecule has 0 atom stereocenters. The third kappa shape index (κ3) is 5.22. The summed E-state index contributed by atoms with van der Waals surface area (Å²) in [5, 5.41) is 7.72. The highest BCUT2D eigenvalue weighted by molar-refractivity contribution is 5.94. The van der Waals surface area contributed by atoms with Crippen LogP contribution in [-0.2, 0) is 4.74 Å². The third-order valence-electron chi connectivity index (χ3n) is 6.72. The van der Waals surface area contributed by atoms with Crippen molar-refractivity contribution in [3.63, 3.8) is 0 Å². The fraction of sp³-hybridized carbons (Fsp3) is 0.393. The molecule has 6 nitrogen and oxygen atoms in total. The number of hydrogen-bond acceptors (Lipinski definition) is 4. The average molecular weight is 460 g/mol. The van der Waals surface area contributed by atoms with Gasteiger partial charge in [-0.1, -0.05) is 19.1 Å². The largest absolute Gasteiger partial charge is 0.461 e. The highest BCUT2D eigenvalue weighted by Gasteiger charge is 2.21. The van der Waals surface area contributed by atoms with E-state index in [1.54, 1.807) is 17.7 Å². The van der Waals surface area contributed by atoms with Gasteiger partial charge in [0, 0.05) is 17.2 Å². The predicted molar refractivity (Wildman–Crippen MR) is 133 cm³/mol. The van der Waals surface area contributed by atoms with Gasteiger partial charge in [0.05, 0.1) is 18.0 Å². The molecular weight excluding hydrogens is 426 g/mol. The van der Waals surface area contributed by atoms with E-state index in [1.165, 1.54) is 5.56 Å². The normalized spacial score (nSPS) is 17.9. The third-order valence-corrected chi connectivity index (χ3v) is 6.72. The molecule has 0 spiro atoms. The molecule has 0 radical (unpaired) electrons. The monoisotopic (exact) mass is 459 g/mol. The Morgan fingerprint density at radius 2 is 1.71 bits per heavy atom. The van der Waals surface area contributed by atoms with Gasteiger partial charge in [0.1, 0.15) is 0 Å². The number of carbonyl (C=O) groups excluding carboxylic acids is 2. The van der Waals surface area contributed by atoms with Crippen LogP contribution in [0.2, 0.25) is 0 Å². The first-order valence-electron chi connectivity index (χ1n) is 12.1. The van der Waals surface area contributed by atoms with E-state index in [0.717, 1.165) is 54.1 Å². The topological polar surface area (TPSA) is 73.2 Å². The van der Waals surface area contributed by atoms with Crippen LogP contribution in [-0.4, -0.2) is 34.3 Å². The van der Waals surface area contributed by atoms with Gasteiger partial charge in [-0.25, -0.2) is 9.48 Å². The molecule has 0 unspecified atom stereocenters. The molecule has 178 valence electrons. The van der Waals surface area contributed by atoms with Crippen LogP contribution in [0.15, 0.2) is 48.5 Å². The number of nitrogens with one attached hydrogen (secondary N) is 1. The Hall–Kier alpha value is -3.41. The summed E-state index contributed by atoms with van der Waals surface area (Å²) < 4.78 is 6.91. The van der Waals surface area contributed by atoms with Crippen LogP contribution >= 0.6 is 0 Å². The first-order valence-corrected chi connectivity index (χ1v) is 12.1. The molecule has 2 aromatic carbocycles. The molecule has 3 aromatic rings. The maximum Gasteiger partial charge on any atom is 0.358 e. The Labute approximate surface area is 201 Å². The molecule has 1 N–H and O–H groups in total. The molecule has 1 saturated carbocycles. The Morgan fingerprint density at radius 1 is 1.00 bits per heavy atom. The molecule has 1 aliphatic rings. The van der Waals surface area contributed by atoms with Gasteiger partial charge in [0.15, 0.2) is 5.69 Å². The number of rotatable bonds is 6. The quantitative estimate of drug-likeness (QED) is 0.484. The van der Waals surface area contributed by atoms with Crippen LogP contribution < -0.4 is 5.32 Å². The Morgan fingerprint density at radius 3 is 2.35 bits per heavy atom. The van der Waals surface area contributed by atoms with E-state index < -0.39 is 5.97 Å². The van der Waals surface area contributed by atoms with Crippen LogP contribution in [0, 0.1) is 19.8 Å². The first kappa shape index (κ1) is 23.7. The van der Waals surface area contributed by atoms with Crippen molar-refractivity contribution in [2.45, 2.75) is 59.4 Å². The van der Waals surface area contributed by atoms with Crippen molar-refractivity contribution in [3.8, 4) is 16.9 Å². The standard InChI is InChI=1S/C28H33N3O3/c1-5-34-28(33)25-17-26(22-9-8-19(3)20(4)16-22)31(30-25)24-14-10-21(11-15-24)27(32)29-23-12-6-18(2)7-13-23/h8-11,14-18,23H,5-7,12-13H2,1-4H3,(H,29,32). The van der Waals surface area contributed by atoms with Gasteiger partial charge in [-0.05, 0) is 99.9 Å². The zero-order valence-electron chi connectivity index (χ0n) is 20.4. The van der Waals surface area contributed by atoms with Crippen LogP contribution in [0.3, 0.4) is 0 Å². The number of amides is 1. The second kappa shape index (κ2) is 10.2. The van der Waals surface area contributed by atoms with E-state index in [0.29, 0.717) is 5.56 Å². The van der Waals surface area contributed by atoms with Crippen LogP contribution in [0.1, 0.15) is 71.5 Å². The minimum absolute atomic E-state index is 0.0480. The van der Waals surface area contributed by atoms with Gasteiger partial charge >= 0.3 is 5.97 Å². The van der Waals surface area contributed by atoms with Gasteiger partial charge in [-0.2, -0.15) is 5.10 Å². The maximum atomic E-state index is 12.8. The summed E-state index contributed by atoms with van der Waals surface area (Å²) in [5.74, 6) is 0.241. The van der Waals surface area contributed by atoms with Gasteiger partial charge in [0.25, 0.3) is 5.91 Å². The highest BCUT2D eigenvalue weighted by atomic mass is 16.5. The molecule has 1 aliphatic carbocycles. The molecule has 0 aliphatic heterocycles. The van der Waals surface area contributed by atoms with E-state index in [1.807, 2.05) is 30.3 Å². The summed E-state index contributed by atoms with van der Waals surface area (Å²) in [6.45, 7) is 8.46. The first-order chi connectivity index (χ1) is 16.4. The van der Waals surface area contributed by atoms with Gasteiger partial charge < -0.3 is 10.1 Å². The molecular formula is C28H33N3O3. The molecule has 1 amide bonds. The average Bonchev–Trinajstić information content (AvgIpc) is 3.28. The smallest absolute Gasteiger partial charge is 0.358 e. The van der Waals surface area contributed by atoms with Gasteiger partial charge in [-0.3, -0.25) is 4.79 Å². The number of nitrogens with zero attached hydrogens (tertiary/aromatic N) is 2. The minimum Gasteiger partial charge on any atom is -0.461 e. The van der Waals surface area contributed by atoms with Gasteiger partial charge in [0.2, 0.25) is 0 Å². The van der Waals surface area contributed by atoms with Crippen molar-refractivity contribution in [2.75, 3.05) is 6.61 Å². The van der Waals surface area contributed by atoms with Crippen LogP contribution in [0.5, 0.6) is 0 Å². The summed E-state index contributed by atoms with van der Waals surface area (Å²) in [7, 11) is 0. The van der Waals surface area contributed by atoms with Crippen molar-refractivity contribution in [1.82, 2.24) is 15.1 Å². The number of carbonyl (C=O) groups is 2. The number of benzene rings is 2. The van der Waals surface area contributed by atoms with Crippen molar-refractivity contribution in [2.24, 2.45) is 5.92 Å². The molecule has 0 bridgehead atoms. The van der Waals surface area contributed by atoms with E-state index >= 15 is 0 Å². The summed E-state index contributed by atoms with van der Waals surface area (Å²) in [4.78, 5) is 25.2. The number of hydrogen-bond donors (Lipinski definition) is 1. The lowest BCUT2D eigenvalue weighted by Gasteiger charge is -2.26. The lowest BCUT2D eigenvalue weighted by atomic mass is 9.87. The molecule has 34 heavy (non-hydrogen) atoms. The fourth-order valence-electron chi connectivity index (χ4n) is 4.42. The molecule has 1 aromatic heterocycles. The molecule has 6 heteroatoms. The molecule has 0 saturated heterocycles. The summed E-state index contributed by atoms with van der Waals surface area (Å²) in [6, 6.07) is 15.5. The SMILES string of the molecule is CCOC(=O)c1cc(-c2ccc(C)c(C)c2)n(-c2ccc(C(=O)NC3CCC(C)CC3)cc2)n1. The van der Waals surface area contributed by atoms with E-state index in [9.17, 15) is 9.59 Å². The van der Waals surface area contributed by atoms with Crippen molar-refractivity contribution >= 4 is 11.9 Å². The van der Waals surface area contributed by atoms with E-state index in [-0.39, 0.29) is 24.2 Å². The number of aryl methyl sites for hydroxylation is 2. The summed E-state index contributed by atoms with van der Waals surface area (Å²) >= 11 is 0. The van der Waals surface area contributed by atoms with Crippen LogP contribution in [0.25, 0.3) is 16.9 Å². The molecule has 1 fully saturated rings. The predicted octanol–water partition coefficient (Wildman–Crippen LogP) is 5.64. The van der Waals surface area contributed by atoms with Gasteiger partial charge in [-0.15, -0.1) is 0 Å². The lowest BCUT2D eigenvalue weighted by Crippen LogP contribution is -2.37. The zero-order valence-corrected chi connectivity index (χ0v) is 20.4. The zero-order chi connectivity index (χ0) is 24.2. The van der Waals surface area contributed by atoms with Crippen LogP contribution in [0.4, 0.5) is 0 Å². The summed E-state index contributed by atoms with van der Waals surface area (Å²) in [6.07, 6.45) is 4.39. The van der Waals surface area contributed by atoms with Crippen molar-refractivity contribution in [1.29, 1.82) is 0 Å². The summed E-state index contributed by atoms with van der Waals surface area (Å²) in [5.41, 5.74) is 5.75. The second-order valence-corrected chi connectivity index (χ2v) is 9.32. The number of aromatic nitrogens is 2. The van der Waals surface area contributed by atoms with Crippen molar-refractivity contribution < 1.29 is 14.3 Å². The molecule has 1 heterocycles. The highest BCUT2D eigenvalue weighted by Crippen LogP contribution is 2.27. The maximum absolute atomic E-state index is 12.8. The molecule has 4 rings (SSSR count). The van der Waals surface area contributed by atoms with E-state index in [2.05, 4.69) is 43.3 Å². The van der Waals surface area contributed by atoms with Crippen molar-refractivity contribution in [3.05, 3.63) is 70.9 Å². The Balaban J connectivity index is 1.61. The second-order valence-electron chi connectivity index (χ2n) is 9.32. The van der Waals surface area contributed by atoms with E-state index in [4.69, 9.17) is 4.74 Å². The number of ether oxygens (including phenoxy) is 1. The fourth-order valence-corrected chi connectivity index (χ4v) is 4.42. The number of esters is 1. The Bertz CT molecular complexity index is 1170. The Kier molecular flexibility index (Phi) is 7.15. The minimum atomic E-state index is -0.455.